The topological polar surface area (TPSA) is 42.7 Å². The van der Waals surface area contributed by atoms with Crippen molar-refractivity contribution in [2.45, 2.75) is 19.9 Å². The van der Waals surface area contributed by atoms with Crippen molar-refractivity contribution in [3.63, 3.8) is 0 Å². The Morgan fingerprint density at radius 2 is 1.79 bits per heavy atom. The van der Waals surface area contributed by atoms with Gasteiger partial charge in [0.25, 0.3) is 0 Å². The fourth-order valence-corrected chi connectivity index (χ4v) is 3.65. The molecule has 0 aliphatic heterocycles. The molecule has 0 saturated heterocycles. The highest BCUT2D eigenvalue weighted by Gasteiger charge is 2.23. The van der Waals surface area contributed by atoms with E-state index in [1.807, 2.05) is 61.7 Å². The number of hydrogen-bond donors (Lipinski definition) is 1. The van der Waals surface area contributed by atoms with E-state index in [1.165, 1.54) is 5.56 Å². The molecule has 29 heavy (non-hydrogen) atoms. The van der Waals surface area contributed by atoms with Crippen molar-refractivity contribution < 1.29 is 9.53 Å². The third-order valence-electron chi connectivity index (χ3n) is 4.96. The van der Waals surface area contributed by atoms with Gasteiger partial charge in [0.2, 0.25) is 0 Å². The van der Waals surface area contributed by atoms with Crippen LogP contribution < -0.4 is 5.32 Å². The van der Waals surface area contributed by atoms with Gasteiger partial charge in [-0.25, -0.2) is 4.79 Å². The number of carbonyl (C=O) groups is 1. The summed E-state index contributed by atoms with van der Waals surface area (Å²) in [6.07, 6.45) is 1.99. The minimum absolute atomic E-state index is 0.129. The van der Waals surface area contributed by atoms with Crippen molar-refractivity contribution in [3.8, 4) is 0 Å². The normalized spacial score (nSPS) is 11.9. The van der Waals surface area contributed by atoms with Crippen molar-refractivity contribution >= 4 is 17.2 Å². The second kappa shape index (κ2) is 8.23. The van der Waals surface area contributed by atoms with Gasteiger partial charge in [-0.3, -0.25) is 0 Å². The van der Waals surface area contributed by atoms with Crippen LogP contribution in [0.3, 0.4) is 0 Å². The number of hydrogen-bond acceptors (Lipinski definition) is 3. The van der Waals surface area contributed by atoms with E-state index in [0.717, 1.165) is 22.5 Å². The molecule has 0 aliphatic rings. The van der Waals surface area contributed by atoms with Crippen molar-refractivity contribution in [1.82, 2.24) is 4.40 Å². The third kappa shape index (κ3) is 3.87. The Bertz CT molecular complexity index is 1130. The lowest BCUT2D eigenvalue weighted by molar-refractivity contribution is 0.0529. The number of rotatable bonds is 6. The molecule has 0 amide bonds. The molecule has 0 radical (unpaired) electrons. The fourth-order valence-electron chi connectivity index (χ4n) is 3.65. The molecule has 2 heterocycles. The van der Waals surface area contributed by atoms with E-state index in [9.17, 15) is 4.79 Å². The number of nitrogens with zero attached hydrogens (tertiary/aromatic N) is 1. The average Bonchev–Trinajstić information content (AvgIpc) is 3.13. The van der Waals surface area contributed by atoms with Crippen molar-refractivity contribution in [2.75, 3.05) is 11.9 Å². The second-order valence-electron chi connectivity index (χ2n) is 7.02. The average molecular weight is 384 g/mol. The molecule has 0 bridgehead atoms. The first-order valence-electron chi connectivity index (χ1n) is 9.82. The van der Waals surface area contributed by atoms with Crippen LogP contribution in [-0.4, -0.2) is 17.0 Å². The SMILES string of the molecule is CCOC(=O)c1cc(C(Nc2cccc(C)c2)c2ccccc2)n2ccccc12. The molecule has 4 heteroatoms. The Labute approximate surface area is 170 Å². The zero-order valence-electron chi connectivity index (χ0n) is 16.6. The summed E-state index contributed by atoms with van der Waals surface area (Å²) >= 11 is 0. The van der Waals surface area contributed by atoms with Crippen LogP contribution in [0.5, 0.6) is 0 Å². The summed E-state index contributed by atoms with van der Waals surface area (Å²) in [6, 6.07) is 26.2. The van der Waals surface area contributed by atoms with Crippen molar-refractivity contribution in [3.05, 3.63) is 107 Å². The van der Waals surface area contributed by atoms with E-state index in [4.69, 9.17) is 4.74 Å². The number of benzene rings is 2. The molecule has 1 N–H and O–H groups in total. The predicted octanol–water partition coefficient (Wildman–Crippen LogP) is 5.63. The maximum atomic E-state index is 12.6. The number of esters is 1. The summed E-state index contributed by atoms with van der Waals surface area (Å²) < 4.78 is 7.36. The summed E-state index contributed by atoms with van der Waals surface area (Å²) in [7, 11) is 0. The van der Waals surface area contributed by atoms with Crippen LogP contribution in [0.1, 0.15) is 40.1 Å². The second-order valence-corrected chi connectivity index (χ2v) is 7.02. The van der Waals surface area contributed by atoms with E-state index in [-0.39, 0.29) is 12.0 Å². The molecule has 4 nitrogen and oxygen atoms in total. The highest BCUT2D eigenvalue weighted by molar-refractivity contribution is 5.97. The summed E-state index contributed by atoms with van der Waals surface area (Å²) in [5.41, 5.74) is 5.74. The quantitative estimate of drug-likeness (QED) is 0.438. The van der Waals surface area contributed by atoms with Crippen LogP contribution in [-0.2, 0) is 4.74 Å². The van der Waals surface area contributed by atoms with Crippen LogP contribution in [0, 0.1) is 6.92 Å². The number of anilines is 1. The summed E-state index contributed by atoms with van der Waals surface area (Å²) in [5, 5.41) is 3.66. The van der Waals surface area contributed by atoms with E-state index < -0.39 is 0 Å². The zero-order valence-corrected chi connectivity index (χ0v) is 16.6. The van der Waals surface area contributed by atoms with Crippen LogP contribution in [0.25, 0.3) is 5.52 Å². The third-order valence-corrected chi connectivity index (χ3v) is 4.96. The molecule has 1 atom stereocenters. The molecule has 0 aliphatic carbocycles. The number of ether oxygens (including phenoxy) is 1. The molecule has 1 unspecified atom stereocenters. The van der Waals surface area contributed by atoms with E-state index in [2.05, 4.69) is 47.0 Å². The molecular weight excluding hydrogens is 360 g/mol. The number of fused-ring (bicyclic) bond motifs is 1. The first-order valence-corrected chi connectivity index (χ1v) is 9.82. The van der Waals surface area contributed by atoms with Crippen molar-refractivity contribution in [1.29, 1.82) is 0 Å². The highest BCUT2D eigenvalue weighted by Crippen LogP contribution is 2.31. The Balaban J connectivity index is 1.86. The Kier molecular flexibility index (Phi) is 5.34. The Morgan fingerprint density at radius 1 is 1.00 bits per heavy atom. The van der Waals surface area contributed by atoms with E-state index in [1.54, 1.807) is 0 Å². The van der Waals surface area contributed by atoms with Gasteiger partial charge in [-0.05, 0) is 55.3 Å². The van der Waals surface area contributed by atoms with Gasteiger partial charge in [0.15, 0.2) is 0 Å². The largest absolute Gasteiger partial charge is 0.462 e. The van der Waals surface area contributed by atoms with Gasteiger partial charge in [-0.2, -0.15) is 0 Å². The number of aromatic nitrogens is 1. The Hall–Kier alpha value is -3.53. The van der Waals surface area contributed by atoms with Crippen LogP contribution in [0.15, 0.2) is 85.1 Å². The monoisotopic (exact) mass is 384 g/mol. The van der Waals surface area contributed by atoms with E-state index in [0.29, 0.717) is 12.2 Å². The van der Waals surface area contributed by atoms with Gasteiger partial charge in [-0.1, -0.05) is 48.5 Å². The summed E-state index contributed by atoms with van der Waals surface area (Å²) in [6.45, 7) is 4.25. The minimum atomic E-state index is -0.301. The lowest BCUT2D eigenvalue weighted by Gasteiger charge is -2.21. The van der Waals surface area contributed by atoms with Crippen LogP contribution in [0.4, 0.5) is 5.69 Å². The van der Waals surface area contributed by atoms with Gasteiger partial charge in [0.1, 0.15) is 0 Å². The molecule has 2 aromatic heterocycles. The molecule has 0 saturated carbocycles. The van der Waals surface area contributed by atoms with Gasteiger partial charge in [0, 0.05) is 11.9 Å². The van der Waals surface area contributed by atoms with Gasteiger partial charge in [0.05, 0.1) is 29.4 Å². The maximum absolute atomic E-state index is 12.6. The molecule has 4 aromatic rings. The number of pyridine rings is 1. The van der Waals surface area contributed by atoms with Gasteiger partial charge >= 0.3 is 5.97 Å². The first kappa shape index (κ1) is 18.8. The first-order chi connectivity index (χ1) is 14.2. The minimum Gasteiger partial charge on any atom is -0.462 e. The number of aryl methyl sites for hydroxylation is 1. The van der Waals surface area contributed by atoms with Crippen LogP contribution >= 0.6 is 0 Å². The molecular formula is C25H24N2O2. The zero-order chi connectivity index (χ0) is 20.2. The molecule has 2 aromatic carbocycles. The highest BCUT2D eigenvalue weighted by atomic mass is 16.5. The Morgan fingerprint density at radius 3 is 2.55 bits per heavy atom. The molecule has 0 spiro atoms. The number of carbonyl (C=O) groups excluding carboxylic acids is 1. The molecule has 146 valence electrons. The van der Waals surface area contributed by atoms with Gasteiger partial charge in [-0.15, -0.1) is 0 Å². The lowest BCUT2D eigenvalue weighted by Crippen LogP contribution is -2.14. The van der Waals surface area contributed by atoms with Crippen molar-refractivity contribution in [2.24, 2.45) is 0 Å². The molecule has 4 rings (SSSR count). The fraction of sp³-hybridized carbons (Fsp3) is 0.160. The smallest absolute Gasteiger partial charge is 0.340 e. The summed E-state index contributed by atoms with van der Waals surface area (Å²) in [5.74, 6) is -0.301. The predicted molar refractivity (Wildman–Crippen MR) is 116 cm³/mol. The lowest BCUT2D eigenvalue weighted by atomic mass is 10.0. The van der Waals surface area contributed by atoms with Gasteiger partial charge < -0.3 is 14.5 Å². The van der Waals surface area contributed by atoms with E-state index >= 15 is 0 Å². The number of nitrogens with one attached hydrogen (secondary N) is 1. The van der Waals surface area contributed by atoms with Crippen LogP contribution in [0.2, 0.25) is 0 Å². The standard InChI is InChI=1S/C25H24N2O2/c1-3-29-25(28)21-17-23(27-15-8-7-14-22(21)27)24(19-11-5-4-6-12-19)26-20-13-9-10-18(2)16-20/h4-17,24,26H,3H2,1-2H3. The maximum Gasteiger partial charge on any atom is 0.340 e. The summed E-state index contributed by atoms with van der Waals surface area (Å²) in [4.78, 5) is 12.6. The molecule has 0 fully saturated rings.